The van der Waals surface area contributed by atoms with E-state index in [4.69, 9.17) is 4.74 Å². The van der Waals surface area contributed by atoms with E-state index in [1.807, 2.05) is 26.2 Å². The number of amides is 1. The Hall–Kier alpha value is -1.70. The number of aromatic nitrogens is 2. The number of carbonyl (C=O) groups is 1. The summed E-state index contributed by atoms with van der Waals surface area (Å²) in [5, 5.41) is 3.02. The van der Waals surface area contributed by atoms with Gasteiger partial charge in [0.15, 0.2) is 0 Å². The second-order valence-corrected chi connectivity index (χ2v) is 9.35. The van der Waals surface area contributed by atoms with Crippen LogP contribution in [0.5, 0.6) is 0 Å². The fraction of sp³-hybridized carbons (Fsp3) is 0.619. The number of likely N-dealkylation sites (tertiary alicyclic amines) is 1. The molecule has 2 aromatic heterocycles. The molecule has 2 aliphatic heterocycles. The van der Waals surface area contributed by atoms with Crippen molar-refractivity contribution in [3.05, 3.63) is 39.6 Å². The first kappa shape index (κ1) is 19.6. The molecule has 4 heterocycles. The third-order valence-electron chi connectivity index (χ3n) is 5.89. The Labute approximate surface area is 170 Å². The normalized spacial score (nSPS) is 19.1. The Kier molecular flexibility index (Phi) is 5.58. The number of hydrogen-bond acceptors (Lipinski definition) is 5. The van der Waals surface area contributed by atoms with E-state index in [0.29, 0.717) is 0 Å². The van der Waals surface area contributed by atoms with Crippen LogP contribution in [0.2, 0.25) is 0 Å². The third-order valence-corrected chi connectivity index (χ3v) is 7.08. The molecule has 2 aliphatic rings. The lowest BCUT2D eigenvalue weighted by atomic mass is 9.82. The van der Waals surface area contributed by atoms with Crippen LogP contribution in [-0.2, 0) is 30.2 Å². The number of carbonyl (C=O) groups excluding carboxylic acids is 1. The van der Waals surface area contributed by atoms with Crippen molar-refractivity contribution in [2.24, 2.45) is 7.05 Å². The molecular formula is C21H30N4O2S. The van der Waals surface area contributed by atoms with Gasteiger partial charge < -0.3 is 19.5 Å². The van der Waals surface area contributed by atoms with Crippen LogP contribution in [0.3, 0.4) is 0 Å². The van der Waals surface area contributed by atoms with Gasteiger partial charge in [-0.25, -0.2) is 4.98 Å². The lowest BCUT2D eigenvalue weighted by Crippen LogP contribution is -2.46. The van der Waals surface area contributed by atoms with Gasteiger partial charge >= 0.3 is 0 Å². The Morgan fingerprint density at radius 3 is 2.86 bits per heavy atom. The molecule has 0 aromatic carbocycles. The topological polar surface area (TPSA) is 59.4 Å². The highest BCUT2D eigenvalue weighted by atomic mass is 32.1. The fourth-order valence-electron chi connectivity index (χ4n) is 4.31. The summed E-state index contributed by atoms with van der Waals surface area (Å²) in [5.74, 6) is 1.17. The van der Waals surface area contributed by atoms with Gasteiger partial charge in [-0.15, -0.1) is 11.3 Å². The van der Waals surface area contributed by atoms with E-state index < -0.39 is 0 Å². The van der Waals surface area contributed by atoms with Gasteiger partial charge in [-0.2, -0.15) is 0 Å². The lowest BCUT2D eigenvalue weighted by Gasteiger charge is -2.44. The summed E-state index contributed by atoms with van der Waals surface area (Å²) in [5.41, 5.74) is 1.06. The number of piperidine rings is 1. The minimum Gasteiger partial charge on any atom is -0.370 e. The minimum absolute atomic E-state index is 0.0389. The number of rotatable bonds is 5. The molecule has 0 bridgehead atoms. The largest absolute Gasteiger partial charge is 0.370 e. The number of thiophene rings is 1. The Morgan fingerprint density at radius 2 is 2.18 bits per heavy atom. The maximum atomic E-state index is 12.5. The zero-order chi connectivity index (χ0) is 19.7. The van der Waals surface area contributed by atoms with Gasteiger partial charge in [0, 0.05) is 62.8 Å². The van der Waals surface area contributed by atoms with Crippen molar-refractivity contribution >= 4 is 17.2 Å². The van der Waals surface area contributed by atoms with Gasteiger partial charge in [-0.1, -0.05) is 0 Å². The lowest BCUT2D eigenvalue weighted by molar-refractivity contribution is -0.0969. The Bertz CT molecular complexity index is 833. The van der Waals surface area contributed by atoms with Crippen LogP contribution in [0.25, 0.3) is 0 Å². The number of imidazole rings is 1. The van der Waals surface area contributed by atoms with Crippen LogP contribution in [-0.4, -0.2) is 52.6 Å². The molecule has 0 unspecified atom stereocenters. The molecule has 4 rings (SSSR count). The Morgan fingerprint density at radius 1 is 1.39 bits per heavy atom. The van der Waals surface area contributed by atoms with Crippen molar-refractivity contribution in [3.8, 4) is 0 Å². The monoisotopic (exact) mass is 402 g/mol. The maximum absolute atomic E-state index is 12.5. The van der Waals surface area contributed by atoms with Crippen LogP contribution in [0.15, 0.2) is 18.5 Å². The van der Waals surface area contributed by atoms with Crippen LogP contribution in [0, 0.1) is 0 Å². The number of aryl methyl sites for hydroxylation is 1. The van der Waals surface area contributed by atoms with E-state index >= 15 is 0 Å². The zero-order valence-electron chi connectivity index (χ0n) is 17.0. The molecular weight excluding hydrogens is 372 g/mol. The molecule has 28 heavy (non-hydrogen) atoms. The molecule has 1 amide bonds. The van der Waals surface area contributed by atoms with Gasteiger partial charge in [0.25, 0.3) is 5.91 Å². The summed E-state index contributed by atoms with van der Waals surface area (Å²) < 4.78 is 8.45. The van der Waals surface area contributed by atoms with E-state index in [1.165, 1.54) is 10.4 Å². The third kappa shape index (κ3) is 3.88. The van der Waals surface area contributed by atoms with E-state index in [1.54, 1.807) is 11.3 Å². The first-order chi connectivity index (χ1) is 13.5. The average molecular weight is 403 g/mol. The Balaban J connectivity index is 1.42. The molecule has 1 saturated heterocycles. The number of nitrogens with zero attached hydrogens (tertiary/aromatic N) is 3. The smallest absolute Gasteiger partial charge is 0.261 e. The highest BCUT2D eigenvalue weighted by Gasteiger charge is 2.42. The van der Waals surface area contributed by atoms with Crippen LogP contribution in [0.4, 0.5) is 0 Å². The SMILES string of the molecule is CC(C)NC(=O)c1cc2c(s1)CCOC21CCN(CCc2nccn2C)CC1. The standard InChI is InChI=1S/C21H30N4O2S/c1-15(2)23-20(26)18-14-16-17(28-18)5-13-27-21(16)6-10-25(11-7-21)9-4-19-22-8-12-24(19)3/h8,12,14-15H,4-7,9-11,13H2,1-3H3,(H,23,26). The first-order valence-corrected chi connectivity index (χ1v) is 11.0. The van der Waals surface area contributed by atoms with Crippen LogP contribution >= 0.6 is 11.3 Å². The van der Waals surface area contributed by atoms with Crippen molar-refractivity contribution in [2.75, 3.05) is 26.2 Å². The first-order valence-electron chi connectivity index (χ1n) is 10.2. The highest BCUT2D eigenvalue weighted by molar-refractivity contribution is 7.14. The van der Waals surface area contributed by atoms with Crippen molar-refractivity contribution < 1.29 is 9.53 Å². The molecule has 0 atom stereocenters. The number of fused-ring (bicyclic) bond motifs is 2. The van der Waals surface area contributed by atoms with E-state index in [2.05, 4.69) is 32.9 Å². The second-order valence-electron chi connectivity index (χ2n) is 8.21. The van der Waals surface area contributed by atoms with Crippen LogP contribution in [0.1, 0.15) is 52.6 Å². The van der Waals surface area contributed by atoms with Crippen LogP contribution < -0.4 is 5.32 Å². The highest BCUT2D eigenvalue weighted by Crippen LogP contribution is 2.44. The van der Waals surface area contributed by atoms with E-state index in [-0.39, 0.29) is 17.6 Å². The molecule has 1 spiro atoms. The zero-order valence-corrected chi connectivity index (χ0v) is 17.8. The molecule has 7 heteroatoms. The predicted molar refractivity (Wildman–Crippen MR) is 111 cm³/mol. The molecule has 2 aromatic rings. The van der Waals surface area contributed by atoms with Crippen molar-refractivity contribution in [2.45, 2.75) is 51.2 Å². The quantitative estimate of drug-likeness (QED) is 0.835. The number of hydrogen-bond donors (Lipinski definition) is 1. The molecule has 1 fully saturated rings. The minimum atomic E-state index is -0.208. The summed E-state index contributed by atoms with van der Waals surface area (Å²) in [6.07, 6.45) is 7.73. The van der Waals surface area contributed by atoms with E-state index in [9.17, 15) is 4.79 Å². The summed E-state index contributed by atoms with van der Waals surface area (Å²) in [6.45, 7) is 7.82. The maximum Gasteiger partial charge on any atom is 0.261 e. The molecule has 6 nitrogen and oxygen atoms in total. The summed E-state index contributed by atoms with van der Waals surface area (Å²) in [6, 6.07) is 2.25. The van der Waals surface area contributed by atoms with Crippen molar-refractivity contribution in [1.82, 2.24) is 19.8 Å². The van der Waals surface area contributed by atoms with Gasteiger partial charge in [0.1, 0.15) is 5.82 Å². The number of ether oxygens (including phenoxy) is 1. The van der Waals surface area contributed by atoms with Crippen molar-refractivity contribution in [3.63, 3.8) is 0 Å². The predicted octanol–water partition coefficient (Wildman–Crippen LogP) is 2.73. The number of nitrogens with one attached hydrogen (secondary N) is 1. The molecule has 0 radical (unpaired) electrons. The molecule has 0 aliphatic carbocycles. The summed E-state index contributed by atoms with van der Waals surface area (Å²) in [7, 11) is 2.05. The summed E-state index contributed by atoms with van der Waals surface area (Å²) >= 11 is 1.65. The van der Waals surface area contributed by atoms with Gasteiger partial charge in [0.2, 0.25) is 0 Å². The molecule has 0 saturated carbocycles. The second kappa shape index (κ2) is 7.97. The molecule has 152 valence electrons. The van der Waals surface area contributed by atoms with Gasteiger partial charge in [-0.3, -0.25) is 4.79 Å². The molecule has 1 N–H and O–H groups in total. The van der Waals surface area contributed by atoms with Gasteiger partial charge in [-0.05, 0) is 38.3 Å². The average Bonchev–Trinajstić information content (AvgIpc) is 3.28. The van der Waals surface area contributed by atoms with E-state index in [0.717, 1.165) is 62.6 Å². The fourth-order valence-corrected chi connectivity index (χ4v) is 5.44. The van der Waals surface area contributed by atoms with Gasteiger partial charge in [0.05, 0.1) is 17.1 Å². The summed E-state index contributed by atoms with van der Waals surface area (Å²) in [4.78, 5) is 21.6. The van der Waals surface area contributed by atoms with Crippen molar-refractivity contribution in [1.29, 1.82) is 0 Å².